The Kier molecular flexibility index (Phi) is 9.99. The Balaban J connectivity index is 1.52. The first-order chi connectivity index (χ1) is 22.6. The first kappa shape index (κ1) is 35.0. The van der Waals surface area contributed by atoms with Gasteiger partial charge in [-0.2, -0.15) is 18.3 Å². The number of carbonyl (C=O) groups excluding carboxylic acids is 1. The number of halogens is 5. The van der Waals surface area contributed by atoms with Crippen LogP contribution in [0.2, 0.25) is 0 Å². The maximum absolute atomic E-state index is 15.9. The number of pyridine rings is 1. The minimum Gasteiger partial charge on any atom is -0.494 e. The van der Waals surface area contributed by atoms with Crippen molar-refractivity contribution < 1.29 is 46.1 Å². The minimum atomic E-state index is -4.33. The van der Waals surface area contributed by atoms with Crippen LogP contribution in [0.5, 0.6) is 5.75 Å². The number of aromatic nitrogens is 3. The van der Waals surface area contributed by atoms with Crippen LogP contribution in [-0.2, 0) is 20.7 Å². The normalized spacial score (nSPS) is 18.3. The number of ether oxygens (including phenoxy) is 3. The van der Waals surface area contributed by atoms with Crippen LogP contribution in [0.25, 0.3) is 22.2 Å². The second-order valence-electron chi connectivity index (χ2n) is 12.3. The molecule has 1 saturated heterocycles. The van der Waals surface area contributed by atoms with E-state index in [2.05, 4.69) is 20.5 Å². The zero-order valence-corrected chi connectivity index (χ0v) is 26.8. The summed E-state index contributed by atoms with van der Waals surface area (Å²) >= 11 is 0. The molecule has 2 atom stereocenters. The van der Waals surface area contributed by atoms with Gasteiger partial charge in [-0.05, 0) is 75.7 Å². The lowest BCUT2D eigenvalue weighted by atomic mass is 9.88. The van der Waals surface area contributed by atoms with Crippen molar-refractivity contribution in [2.45, 2.75) is 63.5 Å². The first-order valence-electron chi connectivity index (χ1n) is 15.2. The molecule has 0 radical (unpaired) electrons. The Bertz CT molecular complexity index is 1800. The number of fused-ring (bicyclic) bond motifs is 1. The lowest BCUT2D eigenvalue weighted by Crippen LogP contribution is -2.42. The van der Waals surface area contributed by atoms with Crippen LogP contribution < -0.4 is 10.1 Å². The maximum atomic E-state index is 15.9. The second kappa shape index (κ2) is 13.7. The molecule has 256 valence electrons. The fraction of sp³-hybridized carbons (Fsp3) is 0.412. The van der Waals surface area contributed by atoms with Gasteiger partial charge in [0.2, 0.25) is 0 Å². The summed E-state index contributed by atoms with van der Waals surface area (Å²) in [7, 11) is 1.44. The van der Waals surface area contributed by atoms with Crippen LogP contribution in [0.3, 0.4) is 0 Å². The van der Waals surface area contributed by atoms with Gasteiger partial charge >= 0.3 is 6.18 Å². The quantitative estimate of drug-likeness (QED) is 0.141. The lowest BCUT2D eigenvalue weighted by Gasteiger charge is -2.31. The predicted octanol–water partition coefficient (Wildman–Crippen LogP) is 6.29. The molecule has 1 fully saturated rings. The summed E-state index contributed by atoms with van der Waals surface area (Å²) in [6.07, 6.45) is -6.27. The standard InChI is InChI=1S/C34H35F5N4O5/c1-19-12-21-13-22(14-26(46-4)29(21)43-42-19)31(44)40-18-33(16-24(17-48-33)47-11-5-10-34(37,38)39)27-15-25(32(2,3)45)28(36)30(41-27)20-6-8-23(35)9-7-20/h6-9,12-15,24,45H,5,10-11,16-18H2,1-4H3,(H,40,44). The van der Waals surface area contributed by atoms with Crippen molar-refractivity contribution in [3.63, 3.8) is 0 Å². The number of amides is 1. The number of carbonyl (C=O) groups is 1. The molecule has 2 unspecified atom stereocenters. The summed E-state index contributed by atoms with van der Waals surface area (Å²) in [5.41, 5.74) is -1.81. The van der Waals surface area contributed by atoms with Gasteiger partial charge in [-0.1, -0.05) is 0 Å². The van der Waals surface area contributed by atoms with E-state index < -0.39 is 47.4 Å². The lowest BCUT2D eigenvalue weighted by molar-refractivity contribution is -0.138. The third-order valence-corrected chi connectivity index (χ3v) is 8.06. The number of nitrogens with zero attached hydrogens (tertiary/aromatic N) is 3. The Morgan fingerprint density at radius 2 is 1.83 bits per heavy atom. The van der Waals surface area contributed by atoms with Gasteiger partial charge in [0.05, 0.1) is 43.4 Å². The molecule has 0 bridgehead atoms. The van der Waals surface area contributed by atoms with E-state index in [4.69, 9.17) is 14.2 Å². The number of hydrogen-bond donors (Lipinski definition) is 2. The van der Waals surface area contributed by atoms with E-state index in [1.165, 1.54) is 45.2 Å². The van der Waals surface area contributed by atoms with E-state index in [9.17, 15) is 27.5 Å². The highest BCUT2D eigenvalue weighted by molar-refractivity contribution is 5.99. The van der Waals surface area contributed by atoms with Gasteiger partial charge in [-0.15, -0.1) is 5.10 Å². The molecular formula is C34H35F5N4O5. The zero-order chi connectivity index (χ0) is 34.9. The van der Waals surface area contributed by atoms with Crippen LogP contribution in [-0.4, -0.2) is 65.3 Å². The molecule has 0 saturated carbocycles. The van der Waals surface area contributed by atoms with E-state index in [0.29, 0.717) is 22.3 Å². The molecule has 2 aromatic heterocycles. The molecule has 1 amide bonds. The van der Waals surface area contributed by atoms with Crippen LogP contribution in [0.1, 0.15) is 60.4 Å². The predicted molar refractivity (Wildman–Crippen MR) is 165 cm³/mol. The molecular weight excluding hydrogens is 639 g/mol. The van der Waals surface area contributed by atoms with Gasteiger partial charge in [0.1, 0.15) is 28.4 Å². The number of nitrogens with one attached hydrogen (secondary N) is 1. The van der Waals surface area contributed by atoms with Crippen molar-refractivity contribution in [1.29, 1.82) is 0 Å². The molecule has 0 spiro atoms. The van der Waals surface area contributed by atoms with Crippen molar-refractivity contribution in [1.82, 2.24) is 20.5 Å². The fourth-order valence-electron chi connectivity index (χ4n) is 5.61. The second-order valence-corrected chi connectivity index (χ2v) is 12.3. The highest BCUT2D eigenvalue weighted by Crippen LogP contribution is 2.40. The largest absolute Gasteiger partial charge is 0.494 e. The van der Waals surface area contributed by atoms with E-state index >= 15 is 4.39 Å². The average molecular weight is 675 g/mol. The summed E-state index contributed by atoms with van der Waals surface area (Å²) < 4.78 is 85.3. The van der Waals surface area contributed by atoms with Crippen LogP contribution in [0.15, 0.2) is 48.5 Å². The van der Waals surface area contributed by atoms with E-state index in [-0.39, 0.29) is 60.7 Å². The van der Waals surface area contributed by atoms with E-state index in [0.717, 1.165) is 12.1 Å². The Labute approximate surface area is 273 Å². The van der Waals surface area contributed by atoms with Crippen LogP contribution in [0.4, 0.5) is 22.0 Å². The maximum Gasteiger partial charge on any atom is 0.389 e. The summed E-state index contributed by atoms with van der Waals surface area (Å²) in [5, 5.41) is 22.6. The van der Waals surface area contributed by atoms with Crippen LogP contribution >= 0.6 is 0 Å². The number of aliphatic hydroxyl groups is 1. The Morgan fingerprint density at radius 1 is 1.10 bits per heavy atom. The number of alkyl halides is 3. The zero-order valence-electron chi connectivity index (χ0n) is 26.8. The monoisotopic (exact) mass is 674 g/mol. The molecule has 1 aliphatic rings. The number of benzene rings is 2. The van der Waals surface area contributed by atoms with Crippen molar-refractivity contribution in [2.24, 2.45) is 0 Å². The number of hydrogen-bond acceptors (Lipinski definition) is 8. The summed E-state index contributed by atoms with van der Waals surface area (Å²) in [6, 6.07) is 11.2. The van der Waals surface area contributed by atoms with Gasteiger partial charge in [0, 0.05) is 41.5 Å². The molecule has 14 heteroatoms. The molecule has 1 aliphatic heterocycles. The average Bonchev–Trinajstić information content (AvgIpc) is 3.45. The molecule has 4 aromatic rings. The molecule has 2 N–H and O–H groups in total. The fourth-order valence-corrected chi connectivity index (χ4v) is 5.61. The summed E-state index contributed by atoms with van der Waals surface area (Å²) in [4.78, 5) is 18.2. The van der Waals surface area contributed by atoms with Gasteiger partial charge in [-0.25, -0.2) is 13.8 Å². The number of aryl methyl sites for hydroxylation is 1. The Morgan fingerprint density at radius 3 is 2.50 bits per heavy atom. The van der Waals surface area contributed by atoms with E-state index in [1.807, 2.05) is 0 Å². The van der Waals surface area contributed by atoms with Crippen molar-refractivity contribution in [2.75, 3.05) is 26.9 Å². The SMILES string of the molecule is COc1cc(C(=O)NCC2(c3cc(C(C)(C)O)c(F)c(-c4ccc(F)cc4)n3)CC(OCCCC(F)(F)F)CO2)cc2cc(C)nnc12. The third kappa shape index (κ3) is 7.88. The van der Waals surface area contributed by atoms with Gasteiger partial charge in [0.25, 0.3) is 5.91 Å². The highest BCUT2D eigenvalue weighted by Gasteiger charge is 2.45. The molecule has 5 rings (SSSR count). The van der Waals surface area contributed by atoms with Crippen molar-refractivity contribution >= 4 is 16.8 Å². The van der Waals surface area contributed by atoms with Crippen molar-refractivity contribution in [3.05, 3.63) is 82.7 Å². The molecule has 0 aliphatic carbocycles. The Hall–Kier alpha value is -4.27. The van der Waals surface area contributed by atoms with Gasteiger partial charge in [-0.3, -0.25) is 4.79 Å². The van der Waals surface area contributed by atoms with Crippen LogP contribution in [0, 0.1) is 18.6 Å². The molecule has 48 heavy (non-hydrogen) atoms. The third-order valence-electron chi connectivity index (χ3n) is 8.06. The molecule has 3 heterocycles. The van der Waals surface area contributed by atoms with Gasteiger partial charge < -0.3 is 24.6 Å². The van der Waals surface area contributed by atoms with E-state index in [1.54, 1.807) is 19.1 Å². The highest BCUT2D eigenvalue weighted by atomic mass is 19.4. The minimum absolute atomic E-state index is 0.0297. The number of methoxy groups -OCH3 is 1. The summed E-state index contributed by atoms with van der Waals surface area (Å²) in [5.74, 6) is -1.58. The summed E-state index contributed by atoms with van der Waals surface area (Å²) in [6.45, 7) is 4.06. The van der Waals surface area contributed by atoms with Gasteiger partial charge in [0.15, 0.2) is 5.82 Å². The van der Waals surface area contributed by atoms with Crippen molar-refractivity contribution in [3.8, 4) is 17.0 Å². The molecule has 2 aromatic carbocycles. The smallest absolute Gasteiger partial charge is 0.389 e. The number of rotatable bonds is 11. The topological polar surface area (TPSA) is 116 Å². The first-order valence-corrected chi connectivity index (χ1v) is 15.2. The molecule has 9 nitrogen and oxygen atoms in total.